The van der Waals surface area contributed by atoms with Crippen LogP contribution in [0.5, 0.6) is 5.75 Å². The number of halogens is 2. The maximum Gasteiger partial charge on any atom is 0.143 e. The Kier molecular flexibility index (Phi) is 5.04. The van der Waals surface area contributed by atoms with E-state index in [2.05, 4.69) is 10.5 Å². The number of anilines is 1. The minimum Gasteiger partial charge on any atom is -0.495 e. The van der Waals surface area contributed by atoms with E-state index in [1.165, 1.54) is 24.3 Å². The summed E-state index contributed by atoms with van der Waals surface area (Å²) in [5, 5.41) is 4.44. The van der Waals surface area contributed by atoms with Gasteiger partial charge in [-0.2, -0.15) is 5.10 Å². The van der Waals surface area contributed by atoms with Crippen LogP contribution in [0.4, 0.5) is 14.5 Å². The second kappa shape index (κ2) is 7.57. The normalized spacial score (nSPS) is 10.2. The highest BCUT2D eigenvalue weighted by atomic mass is 19.1. The third-order valence-electron chi connectivity index (χ3n) is 3.63. The predicted molar refractivity (Wildman–Crippen MR) is 95.1 cm³/mol. The Labute approximate surface area is 144 Å². The molecule has 0 amide bonds. The second-order valence-electron chi connectivity index (χ2n) is 5.29. The van der Waals surface area contributed by atoms with Crippen molar-refractivity contribution in [3.8, 4) is 5.75 Å². The Morgan fingerprint density at radius 2 is 1.32 bits per heavy atom. The van der Waals surface area contributed by atoms with Crippen LogP contribution in [0.3, 0.4) is 0 Å². The molecule has 25 heavy (non-hydrogen) atoms. The Hall–Kier alpha value is -3.21. The lowest BCUT2D eigenvalue weighted by atomic mass is 10.0. The molecule has 3 aromatic carbocycles. The Morgan fingerprint density at radius 3 is 1.84 bits per heavy atom. The van der Waals surface area contributed by atoms with E-state index in [1.807, 2.05) is 24.3 Å². The summed E-state index contributed by atoms with van der Waals surface area (Å²) in [4.78, 5) is 0. The first-order valence-corrected chi connectivity index (χ1v) is 7.66. The fourth-order valence-electron chi connectivity index (χ4n) is 2.36. The van der Waals surface area contributed by atoms with Crippen LogP contribution in [0.1, 0.15) is 11.1 Å². The van der Waals surface area contributed by atoms with Crippen molar-refractivity contribution in [2.45, 2.75) is 0 Å². The van der Waals surface area contributed by atoms with Crippen LogP contribution in [0.15, 0.2) is 77.9 Å². The zero-order valence-electron chi connectivity index (χ0n) is 13.5. The maximum atomic E-state index is 13.2. The molecule has 0 bridgehead atoms. The summed E-state index contributed by atoms with van der Waals surface area (Å²) in [6.45, 7) is 0. The van der Waals surface area contributed by atoms with Gasteiger partial charge < -0.3 is 4.74 Å². The van der Waals surface area contributed by atoms with Crippen LogP contribution >= 0.6 is 0 Å². The number of nitrogens with one attached hydrogen (secondary N) is 1. The Bertz CT molecular complexity index is 827. The summed E-state index contributed by atoms with van der Waals surface area (Å²) < 4.78 is 31.8. The van der Waals surface area contributed by atoms with Gasteiger partial charge in [0.2, 0.25) is 0 Å². The number of rotatable bonds is 5. The van der Waals surface area contributed by atoms with Crippen LogP contribution in [-0.4, -0.2) is 12.8 Å². The molecular formula is C20H16F2N2O. The van der Waals surface area contributed by atoms with E-state index in [-0.39, 0.29) is 11.6 Å². The van der Waals surface area contributed by atoms with Crippen molar-refractivity contribution in [1.82, 2.24) is 0 Å². The highest BCUT2D eigenvalue weighted by molar-refractivity contribution is 6.13. The topological polar surface area (TPSA) is 33.6 Å². The quantitative estimate of drug-likeness (QED) is 0.533. The first-order valence-electron chi connectivity index (χ1n) is 7.66. The zero-order chi connectivity index (χ0) is 17.6. The van der Waals surface area contributed by atoms with Crippen LogP contribution in [-0.2, 0) is 0 Å². The fourth-order valence-corrected chi connectivity index (χ4v) is 2.36. The van der Waals surface area contributed by atoms with Gasteiger partial charge in [0, 0.05) is 11.1 Å². The Balaban J connectivity index is 2.01. The molecule has 3 rings (SSSR count). The van der Waals surface area contributed by atoms with Gasteiger partial charge in [0.25, 0.3) is 0 Å². The SMILES string of the molecule is COc1ccccc1NN=C(c1ccc(F)cc1)c1ccc(F)cc1. The lowest BCUT2D eigenvalue weighted by Crippen LogP contribution is -2.07. The molecule has 0 aliphatic rings. The number of hydrazone groups is 1. The van der Waals surface area contributed by atoms with Gasteiger partial charge >= 0.3 is 0 Å². The number of methoxy groups -OCH3 is 1. The lowest BCUT2D eigenvalue weighted by molar-refractivity contribution is 0.416. The van der Waals surface area contributed by atoms with Crippen molar-refractivity contribution in [2.24, 2.45) is 5.10 Å². The number of ether oxygens (including phenoxy) is 1. The second-order valence-corrected chi connectivity index (χ2v) is 5.29. The van der Waals surface area contributed by atoms with Crippen LogP contribution < -0.4 is 10.2 Å². The van der Waals surface area contributed by atoms with Gasteiger partial charge in [-0.05, 0) is 60.7 Å². The standard InChI is InChI=1S/C20H16F2N2O/c1-25-19-5-3-2-4-18(19)23-24-20(14-6-10-16(21)11-7-14)15-8-12-17(22)13-9-15/h2-13,23H,1H3. The molecule has 1 N–H and O–H groups in total. The van der Waals surface area contributed by atoms with E-state index in [9.17, 15) is 8.78 Å². The molecule has 3 aromatic rings. The van der Waals surface area contributed by atoms with Crippen molar-refractivity contribution in [2.75, 3.05) is 12.5 Å². The van der Waals surface area contributed by atoms with Gasteiger partial charge in [-0.15, -0.1) is 0 Å². The van der Waals surface area contributed by atoms with Gasteiger partial charge in [0.1, 0.15) is 17.4 Å². The predicted octanol–water partition coefficient (Wildman–Crippen LogP) is 4.84. The molecule has 0 saturated heterocycles. The highest BCUT2D eigenvalue weighted by Crippen LogP contribution is 2.23. The minimum absolute atomic E-state index is 0.333. The lowest BCUT2D eigenvalue weighted by Gasteiger charge is -2.11. The van der Waals surface area contributed by atoms with Crippen LogP contribution in [0.2, 0.25) is 0 Å². The average Bonchev–Trinajstić information content (AvgIpc) is 2.65. The summed E-state index contributed by atoms with van der Waals surface area (Å²) in [7, 11) is 1.57. The fraction of sp³-hybridized carbons (Fsp3) is 0.0500. The van der Waals surface area contributed by atoms with Crippen molar-refractivity contribution < 1.29 is 13.5 Å². The molecule has 3 nitrogen and oxygen atoms in total. The van der Waals surface area contributed by atoms with E-state index in [0.29, 0.717) is 28.3 Å². The van der Waals surface area contributed by atoms with E-state index in [0.717, 1.165) is 0 Å². The molecule has 0 spiro atoms. The number of hydrogen-bond donors (Lipinski definition) is 1. The Morgan fingerprint density at radius 1 is 0.800 bits per heavy atom. The summed E-state index contributed by atoms with van der Waals surface area (Å²) in [6.07, 6.45) is 0. The molecule has 126 valence electrons. The van der Waals surface area contributed by atoms with Crippen molar-refractivity contribution >= 4 is 11.4 Å². The maximum absolute atomic E-state index is 13.2. The third-order valence-corrected chi connectivity index (χ3v) is 3.63. The molecule has 0 aliphatic carbocycles. The summed E-state index contributed by atoms with van der Waals surface area (Å²) in [6, 6.07) is 19.3. The number of hydrogen-bond acceptors (Lipinski definition) is 3. The molecule has 0 aliphatic heterocycles. The number of nitrogens with zero attached hydrogens (tertiary/aromatic N) is 1. The average molecular weight is 338 g/mol. The summed E-state index contributed by atoms with van der Waals surface area (Å²) in [5.41, 5.74) is 5.62. The summed E-state index contributed by atoms with van der Waals surface area (Å²) in [5.74, 6) is -0.0244. The van der Waals surface area contributed by atoms with Crippen molar-refractivity contribution in [3.05, 3.63) is 95.6 Å². The zero-order valence-corrected chi connectivity index (χ0v) is 13.5. The van der Waals surface area contributed by atoms with Gasteiger partial charge in [-0.3, -0.25) is 5.43 Å². The molecule has 0 saturated carbocycles. The largest absolute Gasteiger partial charge is 0.495 e. The van der Waals surface area contributed by atoms with Gasteiger partial charge in [0.05, 0.1) is 18.5 Å². The van der Waals surface area contributed by atoms with E-state index in [4.69, 9.17) is 4.74 Å². The number of benzene rings is 3. The van der Waals surface area contributed by atoms with Gasteiger partial charge in [0.15, 0.2) is 0 Å². The summed E-state index contributed by atoms with van der Waals surface area (Å²) >= 11 is 0. The molecular weight excluding hydrogens is 322 g/mol. The molecule has 5 heteroatoms. The third kappa shape index (κ3) is 4.01. The first-order chi connectivity index (χ1) is 12.2. The molecule has 0 atom stereocenters. The minimum atomic E-state index is -0.333. The molecule has 0 heterocycles. The molecule has 0 unspecified atom stereocenters. The van der Waals surface area contributed by atoms with Gasteiger partial charge in [-0.25, -0.2) is 8.78 Å². The van der Waals surface area contributed by atoms with Crippen LogP contribution in [0, 0.1) is 11.6 Å². The number of para-hydroxylation sites is 2. The highest BCUT2D eigenvalue weighted by Gasteiger charge is 2.09. The van der Waals surface area contributed by atoms with E-state index >= 15 is 0 Å². The monoisotopic (exact) mass is 338 g/mol. The molecule has 0 fully saturated rings. The molecule has 0 aromatic heterocycles. The van der Waals surface area contributed by atoms with Gasteiger partial charge in [-0.1, -0.05) is 12.1 Å². The van der Waals surface area contributed by atoms with E-state index < -0.39 is 0 Å². The van der Waals surface area contributed by atoms with Crippen molar-refractivity contribution in [1.29, 1.82) is 0 Å². The van der Waals surface area contributed by atoms with E-state index in [1.54, 1.807) is 31.4 Å². The molecule has 0 radical (unpaired) electrons. The smallest absolute Gasteiger partial charge is 0.143 e. The first kappa shape index (κ1) is 16.6. The van der Waals surface area contributed by atoms with Crippen molar-refractivity contribution in [3.63, 3.8) is 0 Å². The van der Waals surface area contributed by atoms with Crippen LogP contribution in [0.25, 0.3) is 0 Å².